The third-order valence-electron chi connectivity index (χ3n) is 5.50. The van der Waals surface area contributed by atoms with E-state index >= 15 is 0 Å². The number of benzene rings is 1. The van der Waals surface area contributed by atoms with Crippen LogP contribution in [0.4, 0.5) is 0 Å². The Balaban J connectivity index is 1.70. The smallest absolute Gasteiger partial charge is 0.311 e. The largest absolute Gasteiger partial charge is 0.481 e. The summed E-state index contributed by atoms with van der Waals surface area (Å²) in [6.07, 6.45) is 0.538. The van der Waals surface area contributed by atoms with Crippen LogP contribution in [0.3, 0.4) is 0 Å². The van der Waals surface area contributed by atoms with Crippen LogP contribution in [0.15, 0.2) is 29.2 Å². The van der Waals surface area contributed by atoms with E-state index in [9.17, 15) is 23.1 Å². The van der Waals surface area contributed by atoms with Gasteiger partial charge < -0.3 is 14.7 Å². The second-order valence-corrected chi connectivity index (χ2v) is 9.26. The lowest BCUT2D eigenvalue weighted by Gasteiger charge is -2.33. The number of aliphatic carboxylic acids is 1. The summed E-state index contributed by atoms with van der Waals surface area (Å²) in [5, 5.41) is 9.67. The lowest BCUT2D eigenvalue weighted by Crippen LogP contribution is -2.45. The molecule has 26 heavy (non-hydrogen) atoms. The second kappa shape index (κ2) is 7.00. The van der Waals surface area contributed by atoms with Gasteiger partial charge in [0.15, 0.2) is 9.84 Å². The molecule has 1 N–H and O–H groups in total. The molecule has 1 aromatic carbocycles. The van der Waals surface area contributed by atoms with E-state index in [1.54, 1.807) is 24.0 Å². The van der Waals surface area contributed by atoms with Gasteiger partial charge in [0.05, 0.1) is 29.1 Å². The normalized spacial score (nSPS) is 25.7. The Morgan fingerprint density at radius 3 is 2.58 bits per heavy atom. The van der Waals surface area contributed by atoms with E-state index in [1.165, 1.54) is 12.1 Å². The summed E-state index contributed by atoms with van der Waals surface area (Å²) in [7, 11) is -3.27. The number of carboxylic acid groups (broad SMARTS) is 1. The monoisotopic (exact) mass is 381 g/mol. The number of rotatable bonds is 5. The fourth-order valence-corrected chi connectivity index (χ4v) is 4.64. The first kappa shape index (κ1) is 18.8. The molecule has 2 heterocycles. The maximum Gasteiger partial charge on any atom is 0.311 e. The summed E-state index contributed by atoms with van der Waals surface area (Å²) in [6.45, 7) is 2.93. The third-order valence-corrected chi connectivity index (χ3v) is 7.25. The third kappa shape index (κ3) is 3.35. The van der Waals surface area contributed by atoms with Crippen LogP contribution in [-0.4, -0.2) is 62.4 Å². The molecule has 2 aliphatic rings. The van der Waals surface area contributed by atoms with E-state index in [-0.39, 0.29) is 35.4 Å². The van der Waals surface area contributed by atoms with Crippen molar-refractivity contribution in [2.75, 3.05) is 32.1 Å². The zero-order valence-corrected chi connectivity index (χ0v) is 15.5. The zero-order valence-electron chi connectivity index (χ0n) is 14.7. The molecular formula is C18H23NO6S. The molecule has 2 fully saturated rings. The van der Waals surface area contributed by atoms with Crippen LogP contribution in [0, 0.1) is 11.3 Å². The number of hydrogen-bond acceptors (Lipinski definition) is 5. The number of amides is 1. The van der Waals surface area contributed by atoms with Crippen molar-refractivity contribution in [2.24, 2.45) is 11.3 Å². The van der Waals surface area contributed by atoms with Crippen LogP contribution < -0.4 is 0 Å². The Bertz CT molecular complexity index is 803. The first-order chi connectivity index (χ1) is 12.3. The van der Waals surface area contributed by atoms with Crippen molar-refractivity contribution < 1.29 is 27.9 Å². The molecule has 0 bridgehead atoms. The first-order valence-electron chi connectivity index (χ1n) is 8.69. The number of fused-ring (bicyclic) bond motifs is 1. The average molecular weight is 381 g/mol. The topological polar surface area (TPSA) is 101 Å². The molecule has 0 aliphatic carbocycles. The van der Waals surface area contributed by atoms with Crippen LogP contribution in [0.25, 0.3) is 0 Å². The zero-order chi connectivity index (χ0) is 18.9. The van der Waals surface area contributed by atoms with Gasteiger partial charge in [-0.25, -0.2) is 8.42 Å². The molecular weight excluding hydrogens is 358 g/mol. The van der Waals surface area contributed by atoms with Crippen molar-refractivity contribution in [3.63, 3.8) is 0 Å². The summed E-state index contributed by atoms with van der Waals surface area (Å²) in [5.41, 5.74) is -0.201. The van der Waals surface area contributed by atoms with Gasteiger partial charge in [0.1, 0.15) is 0 Å². The van der Waals surface area contributed by atoms with Crippen LogP contribution in [0.1, 0.15) is 18.9 Å². The Labute approximate surface area is 152 Å². The van der Waals surface area contributed by atoms with E-state index < -0.39 is 21.2 Å². The van der Waals surface area contributed by atoms with Gasteiger partial charge in [0.2, 0.25) is 5.91 Å². The lowest BCUT2D eigenvalue weighted by atomic mass is 9.74. The SMILES string of the molecule is CCS(=O)(=O)c1ccc(CC(=O)N2C[C@H]3COCC[C@@]3(C(=O)O)C2)cc1. The van der Waals surface area contributed by atoms with Crippen LogP contribution in [0.5, 0.6) is 0 Å². The molecule has 7 nitrogen and oxygen atoms in total. The predicted molar refractivity (Wildman–Crippen MR) is 93.4 cm³/mol. The Hall–Kier alpha value is -1.93. The fourth-order valence-electron chi connectivity index (χ4n) is 3.76. The van der Waals surface area contributed by atoms with Crippen molar-refractivity contribution in [3.05, 3.63) is 29.8 Å². The fraction of sp³-hybridized carbons (Fsp3) is 0.556. The molecule has 2 saturated heterocycles. The maximum atomic E-state index is 12.6. The molecule has 0 saturated carbocycles. The number of carbonyl (C=O) groups is 2. The van der Waals surface area contributed by atoms with Gasteiger partial charge >= 0.3 is 5.97 Å². The van der Waals surface area contributed by atoms with Crippen LogP contribution in [0.2, 0.25) is 0 Å². The van der Waals surface area contributed by atoms with Gasteiger partial charge in [-0.05, 0) is 24.1 Å². The number of nitrogens with zero attached hydrogens (tertiary/aromatic N) is 1. The molecule has 142 valence electrons. The summed E-state index contributed by atoms with van der Waals surface area (Å²) in [4.78, 5) is 26.3. The lowest BCUT2D eigenvalue weighted by molar-refractivity contribution is -0.157. The molecule has 0 spiro atoms. The Morgan fingerprint density at radius 2 is 2.00 bits per heavy atom. The number of sulfone groups is 1. The highest BCUT2D eigenvalue weighted by Crippen LogP contribution is 2.42. The first-order valence-corrected chi connectivity index (χ1v) is 10.3. The van der Waals surface area contributed by atoms with Crippen molar-refractivity contribution >= 4 is 21.7 Å². The van der Waals surface area contributed by atoms with E-state index in [2.05, 4.69) is 0 Å². The Kier molecular flexibility index (Phi) is 5.07. The van der Waals surface area contributed by atoms with Gasteiger partial charge in [0, 0.05) is 25.6 Å². The van der Waals surface area contributed by atoms with E-state index in [1.807, 2.05) is 0 Å². The standard InChI is InChI=1S/C18H23NO6S/c1-2-26(23,24)15-5-3-13(4-6-15)9-16(20)19-10-14-11-25-8-7-18(14,12-19)17(21)22/h3-6,14H,2,7-12H2,1H3,(H,21,22)/t14-,18+/m0/s1. The highest BCUT2D eigenvalue weighted by atomic mass is 32.2. The van der Waals surface area contributed by atoms with Gasteiger partial charge in [-0.3, -0.25) is 9.59 Å². The molecule has 3 rings (SSSR count). The number of ether oxygens (including phenoxy) is 1. The quantitative estimate of drug-likeness (QED) is 0.816. The summed E-state index contributed by atoms with van der Waals surface area (Å²) < 4.78 is 29.1. The van der Waals surface area contributed by atoms with Crippen molar-refractivity contribution in [1.82, 2.24) is 4.90 Å². The minimum Gasteiger partial charge on any atom is -0.481 e. The van der Waals surface area contributed by atoms with E-state index in [0.717, 1.165) is 0 Å². The highest BCUT2D eigenvalue weighted by molar-refractivity contribution is 7.91. The summed E-state index contributed by atoms with van der Waals surface area (Å²) >= 11 is 0. The van der Waals surface area contributed by atoms with Crippen LogP contribution in [-0.2, 0) is 30.6 Å². The molecule has 2 atom stereocenters. The van der Waals surface area contributed by atoms with Crippen molar-refractivity contribution in [1.29, 1.82) is 0 Å². The number of carbonyl (C=O) groups excluding carboxylic acids is 1. The van der Waals surface area contributed by atoms with Crippen LogP contribution >= 0.6 is 0 Å². The summed E-state index contributed by atoms with van der Waals surface area (Å²) in [6, 6.07) is 6.30. The van der Waals surface area contributed by atoms with Gasteiger partial charge in [-0.1, -0.05) is 19.1 Å². The molecule has 1 aromatic rings. The molecule has 0 unspecified atom stereocenters. The van der Waals surface area contributed by atoms with Gasteiger partial charge in [-0.15, -0.1) is 0 Å². The molecule has 1 amide bonds. The minimum atomic E-state index is -3.27. The highest BCUT2D eigenvalue weighted by Gasteiger charge is 2.54. The predicted octanol–water partition coefficient (Wildman–Crippen LogP) is 0.972. The van der Waals surface area contributed by atoms with Gasteiger partial charge in [0.25, 0.3) is 0 Å². The number of likely N-dealkylation sites (tertiary alicyclic amines) is 1. The maximum absolute atomic E-state index is 12.6. The molecule has 2 aliphatic heterocycles. The van der Waals surface area contributed by atoms with Gasteiger partial charge in [-0.2, -0.15) is 0 Å². The second-order valence-electron chi connectivity index (χ2n) is 6.98. The van der Waals surface area contributed by atoms with Crippen molar-refractivity contribution in [2.45, 2.75) is 24.7 Å². The Morgan fingerprint density at radius 1 is 1.31 bits per heavy atom. The summed E-state index contributed by atoms with van der Waals surface area (Å²) in [5.74, 6) is -1.17. The molecule has 0 radical (unpaired) electrons. The van der Waals surface area contributed by atoms with E-state index in [4.69, 9.17) is 4.74 Å². The number of hydrogen-bond donors (Lipinski definition) is 1. The van der Waals surface area contributed by atoms with E-state index in [0.29, 0.717) is 31.7 Å². The molecule has 0 aromatic heterocycles. The average Bonchev–Trinajstić information content (AvgIpc) is 3.03. The number of carboxylic acids is 1. The van der Waals surface area contributed by atoms with Crippen molar-refractivity contribution in [3.8, 4) is 0 Å². The minimum absolute atomic E-state index is 0.0276. The molecule has 8 heteroatoms.